The number of hydrogen-bond acceptors (Lipinski definition) is 5. The number of anilines is 1. The lowest BCUT2D eigenvalue weighted by atomic mass is 10.2. The zero-order chi connectivity index (χ0) is 16.0. The predicted molar refractivity (Wildman–Crippen MR) is 87.4 cm³/mol. The average molecular weight is 332 g/mol. The van der Waals surface area contributed by atoms with Crippen LogP contribution in [0.15, 0.2) is 18.2 Å². The Labute approximate surface area is 130 Å². The van der Waals surface area contributed by atoms with Crippen LogP contribution in [-0.2, 0) is 14.8 Å². The van der Waals surface area contributed by atoms with Crippen LogP contribution in [0.3, 0.4) is 0 Å². The number of thiocarbonyl (C=S) groups is 1. The molecule has 0 saturated heterocycles. The van der Waals surface area contributed by atoms with Crippen molar-refractivity contribution in [1.29, 1.82) is 0 Å². The molecule has 0 unspecified atom stereocenters. The van der Waals surface area contributed by atoms with Crippen LogP contribution in [0.5, 0.6) is 5.75 Å². The van der Waals surface area contributed by atoms with E-state index in [-0.39, 0.29) is 23.5 Å². The summed E-state index contributed by atoms with van der Waals surface area (Å²) in [5, 5.41) is 0. The Kier molecular flexibility index (Phi) is 6.38. The van der Waals surface area contributed by atoms with Gasteiger partial charge in [0.1, 0.15) is 10.7 Å². The number of ether oxygens (including phenoxy) is 2. The van der Waals surface area contributed by atoms with E-state index < -0.39 is 10.0 Å². The van der Waals surface area contributed by atoms with Gasteiger partial charge in [-0.25, -0.2) is 8.42 Å². The van der Waals surface area contributed by atoms with Crippen molar-refractivity contribution >= 4 is 32.9 Å². The van der Waals surface area contributed by atoms with Crippen molar-refractivity contribution in [2.45, 2.75) is 20.0 Å². The van der Waals surface area contributed by atoms with E-state index in [4.69, 9.17) is 27.4 Å². The first-order valence-corrected chi connectivity index (χ1v) is 8.41. The molecule has 0 radical (unpaired) electrons. The summed E-state index contributed by atoms with van der Waals surface area (Å²) < 4.78 is 36.8. The standard InChI is InChI=1S/C13H20N2O4S2/c1-9(2)19-6-7-21(16,17)15-11-5-4-10(13(14)20)8-12(11)18-3/h4-5,8-9,15H,6-7H2,1-3H3,(H2,14,20). The van der Waals surface area contributed by atoms with Gasteiger partial charge in [0, 0.05) is 5.56 Å². The number of hydrogen-bond donors (Lipinski definition) is 2. The predicted octanol–water partition coefficient (Wildman–Crippen LogP) is 1.50. The summed E-state index contributed by atoms with van der Waals surface area (Å²) >= 11 is 4.87. The van der Waals surface area contributed by atoms with E-state index in [1.165, 1.54) is 7.11 Å². The second-order valence-electron chi connectivity index (χ2n) is 4.62. The summed E-state index contributed by atoms with van der Waals surface area (Å²) in [5.41, 5.74) is 6.47. The molecule has 0 aliphatic carbocycles. The highest BCUT2D eigenvalue weighted by Gasteiger charge is 2.14. The number of benzene rings is 1. The van der Waals surface area contributed by atoms with Crippen molar-refractivity contribution in [2.75, 3.05) is 24.2 Å². The molecule has 0 aliphatic heterocycles. The van der Waals surface area contributed by atoms with E-state index in [2.05, 4.69) is 4.72 Å². The molecule has 0 spiro atoms. The molecule has 6 nitrogen and oxygen atoms in total. The van der Waals surface area contributed by atoms with E-state index >= 15 is 0 Å². The minimum atomic E-state index is -3.52. The number of sulfonamides is 1. The lowest BCUT2D eigenvalue weighted by Gasteiger charge is -2.13. The van der Waals surface area contributed by atoms with Gasteiger partial charge in [-0.1, -0.05) is 12.2 Å². The summed E-state index contributed by atoms with van der Waals surface area (Å²) in [4.78, 5) is 0.216. The van der Waals surface area contributed by atoms with Crippen LogP contribution < -0.4 is 15.2 Å². The third-order valence-corrected chi connectivity index (χ3v) is 4.03. The van der Waals surface area contributed by atoms with Gasteiger partial charge < -0.3 is 15.2 Å². The maximum atomic E-state index is 12.0. The fourth-order valence-corrected chi connectivity index (χ4v) is 2.59. The van der Waals surface area contributed by atoms with Crippen LogP contribution in [0, 0.1) is 0 Å². The largest absolute Gasteiger partial charge is 0.495 e. The molecule has 0 fully saturated rings. The lowest BCUT2D eigenvalue weighted by molar-refractivity contribution is 0.0913. The Morgan fingerprint density at radius 3 is 2.62 bits per heavy atom. The molecule has 0 heterocycles. The molecular formula is C13H20N2O4S2. The molecule has 0 aliphatic rings. The molecule has 0 aromatic heterocycles. The average Bonchev–Trinajstić information content (AvgIpc) is 2.37. The normalized spacial score (nSPS) is 11.4. The summed E-state index contributed by atoms with van der Waals surface area (Å²) in [6.07, 6.45) is -0.0143. The second-order valence-corrected chi connectivity index (χ2v) is 6.90. The summed E-state index contributed by atoms with van der Waals surface area (Å²) in [6.45, 7) is 3.81. The van der Waals surface area contributed by atoms with E-state index in [1.54, 1.807) is 18.2 Å². The molecular weight excluding hydrogens is 312 g/mol. The first-order valence-electron chi connectivity index (χ1n) is 6.35. The van der Waals surface area contributed by atoms with Crippen LogP contribution in [0.25, 0.3) is 0 Å². The summed E-state index contributed by atoms with van der Waals surface area (Å²) in [5.74, 6) is 0.222. The van der Waals surface area contributed by atoms with Crippen molar-refractivity contribution in [3.63, 3.8) is 0 Å². The van der Waals surface area contributed by atoms with Crippen LogP contribution in [-0.4, -0.2) is 39.0 Å². The van der Waals surface area contributed by atoms with E-state index in [9.17, 15) is 8.42 Å². The second kappa shape index (κ2) is 7.58. The third kappa shape index (κ3) is 5.86. The van der Waals surface area contributed by atoms with E-state index in [1.807, 2.05) is 13.8 Å². The van der Waals surface area contributed by atoms with Crippen LogP contribution in [0.2, 0.25) is 0 Å². The maximum Gasteiger partial charge on any atom is 0.235 e. The molecule has 1 aromatic rings. The third-order valence-electron chi connectivity index (χ3n) is 2.55. The molecule has 1 aromatic carbocycles. The molecule has 118 valence electrons. The van der Waals surface area contributed by atoms with Gasteiger partial charge in [0.15, 0.2) is 0 Å². The lowest BCUT2D eigenvalue weighted by Crippen LogP contribution is -2.22. The van der Waals surface area contributed by atoms with Gasteiger partial charge in [-0.3, -0.25) is 4.72 Å². The van der Waals surface area contributed by atoms with Crippen molar-refractivity contribution in [1.82, 2.24) is 0 Å². The highest BCUT2D eigenvalue weighted by Crippen LogP contribution is 2.26. The monoisotopic (exact) mass is 332 g/mol. The number of nitrogens with two attached hydrogens (primary N) is 1. The fourth-order valence-electron chi connectivity index (χ4n) is 1.54. The topological polar surface area (TPSA) is 90.6 Å². The van der Waals surface area contributed by atoms with Crippen molar-refractivity contribution in [3.8, 4) is 5.75 Å². The van der Waals surface area contributed by atoms with Gasteiger partial charge >= 0.3 is 0 Å². The van der Waals surface area contributed by atoms with E-state index in [0.717, 1.165) is 0 Å². The Balaban J connectivity index is 2.84. The minimum Gasteiger partial charge on any atom is -0.495 e. The summed E-state index contributed by atoms with van der Waals surface area (Å²) in [6, 6.07) is 4.78. The molecule has 0 amide bonds. The van der Waals surface area contributed by atoms with Crippen molar-refractivity contribution < 1.29 is 17.9 Å². The molecule has 3 N–H and O–H groups in total. The fraction of sp³-hybridized carbons (Fsp3) is 0.462. The number of rotatable bonds is 8. The Bertz CT molecular complexity index is 600. The van der Waals surface area contributed by atoms with Crippen molar-refractivity contribution in [2.24, 2.45) is 5.73 Å². The van der Waals surface area contributed by atoms with Crippen LogP contribution in [0.4, 0.5) is 5.69 Å². The molecule has 0 saturated carbocycles. The first kappa shape index (κ1) is 17.7. The molecule has 0 atom stereocenters. The molecule has 8 heteroatoms. The zero-order valence-corrected chi connectivity index (χ0v) is 13.9. The highest BCUT2D eigenvalue weighted by molar-refractivity contribution is 7.92. The zero-order valence-electron chi connectivity index (χ0n) is 12.3. The van der Waals surface area contributed by atoms with Gasteiger partial charge in [-0.2, -0.15) is 0 Å². The van der Waals surface area contributed by atoms with Gasteiger partial charge in [-0.05, 0) is 32.0 Å². The van der Waals surface area contributed by atoms with E-state index in [0.29, 0.717) is 17.0 Å². The van der Waals surface area contributed by atoms with Crippen molar-refractivity contribution in [3.05, 3.63) is 23.8 Å². The van der Waals surface area contributed by atoms with Gasteiger partial charge in [0.05, 0.1) is 31.3 Å². The van der Waals surface area contributed by atoms with Gasteiger partial charge in [0.25, 0.3) is 0 Å². The summed E-state index contributed by atoms with van der Waals surface area (Å²) in [7, 11) is -2.07. The Morgan fingerprint density at radius 2 is 2.10 bits per heavy atom. The van der Waals surface area contributed by atoms with Gasteiger partial charge in [0.2, 0.25) is 10.0 Å². The molecule has 0 bridgehead atoms. The maximum absolute atomic E-state index is 12.0. The molecule has 21 heavy (non-hydrogen) atoms. The minimum absolute atomic E-state index is 0.0143. The number of methoxy groups -OCH3 is 1. The highest BCUT2D eigenvalue weighted by atomic mass is 32.2. The van der Waals surface area contributed by atoms with Crippen LogP contribution >= 0.6 is 12.2 Å². The molecule has 1 rings (SSSR count). The van der Waals surface area contributed by atoms with Crippen LogP contribution in [0.1, 0.15) is 19.4 Å². The quantitative estimate of drug-likeness (QED) is 0.701. The SMILES string of the molecule is COc1cc(C(N)=S)ccc1NS(=O)(=O)CCOC(C)C. The first-order chi connectivity index (χ1) is 9.75. The Morgan fingerprint density at radius 1 is 1.43 bits per heavy atom. The van der Waals surface area contributed by atoms with Gasteiger partial charge in [-0.15, -0.1) is 0 Å². The smallest absolute Gasteiger partial charge is 0.235 e. The Hall–Kier alpha value is -1.38. The number of nitrogens with one attached hydrogen (secondary N) is 1.